The van der Waals surface area contributed by atoms with Crippen molar-refractivity contribution in [3.63, 3.8) is 0 Å². The average Bonchev–Trinajstić information content (AvgIpc) is 2.70. The minimum atomic E-state index is -0.777. The zero-order valence-corrected chi connectivity index (χ0v) is 11.7. The van der Waals surface area contributed by atoms with E-state index in [4.69, 9.17) is 16.2 Å². The Kier molecular flexibility index (Phi) is 6.05. The first-order valence-corrected chi connectivity index (χ1v) is 6.85. The molecule has 0 spiro atoms. The number of ether oxygens (including phenoxy) is 1. The minimum absolute atomic E-state index is 0.226. The SMILES string of the molecule is CCOCCN(C)CCC1CCCC1(N)C(N)=O. The van der Waals surface area contributed by atoms with Crippen LogP contribution in [0.4, 0.5) is 0 Å². The van der Waals surface area contributed by atoms with E-state index in [1.54, 1.807) is 0 Å². The molecule has 0 saturated heterocycles. The van der Waals surface area contributed by atoms with Crippen LogP contribution in [0.5, 0.6) is 0 Å². The molecule has 0 bridgehead atoms. The van der Waals surface area contributed by atoms with Gasteiger partial charge < -0.3 is 21.1 Å². The summed E-state index contributed by atoms with van der Waals surface area (Å²) in [5, 5.41) is 0. The van der Waals surface area contributed by atoms with Crippen LogP contribution in [0.2, 0.25) is 0 Å². The van der Waals surface area contributed by atoms with Gasteiger partial charge in [0.05, 0.1) is 12.1 Å². The molecule has 2 unspecified atom stereocenters. The normalized spacial score (nSPS) is 27.9. The van der Waals surface area contributed by atoms with Gasteiger partial charge in [-0.1, -0.05) is 6.42 Å². The predicted molar refractivity (Wildman–Crippen MR) is 72.1 cm³/mol. The van der Waals surface area contributed by atoms with Crippen molar-refractivity contribution in [3.8, 4) is 0 Å². The van der Waals surface area contributed by atoms with E-state index in [0.717, 1.165) is 52.0 Å². The third-order valence-corrected chi connectivity index (χ3v) is 4.01. The first-order chi connectivity index (χ1) is 8.50. The quantitative estimate of drug-likeness (QED) is 0.614. The van der Waals surface area contributed by atoms with Gasteiger partial charge in [0, 0.05) is 13.2 Å². The Balaban J connectivity index is 2.32. The summed E-state index contributed by atoms with van der Waals surface area (Å²) in [6, 6.07) is 0. The molecule has 0 aromatic heterocycles. The summed E-state index contributed by atoms with van der Waals surface area (Å²) < 4.78 is 5.31. The van der Waals surface area contributed by atoms with Crippen LogP contribution < -0.4 is 11.5 Å². The summed E-state index contributed by atoms with van der Waals surface area (Å²) in [4.78, 5) is 13.7. The number of nitrogens with zero attached hydrogens (tertiary/aromatic N) is 1. The molecular weight excluding hydrogens is 230 g/mol. The second-order valence-corrected chi connectivity index (χ2v) is 5.28. The molecule has 0 radical (unpaired) electrons. The summed E-state index contributed by atoms with van der Waals surface area (Å²) in [6.07, 6.45) is 3.68. The molecule has 1 aliphatic rings. The Morgan fingerprint density at radius 1 is 1.50 bits per heavy atom. The van der Waals surface area contributed by atoms with Crippen LogP contribution in [0.25, 0.3) is 0 Å². The highest BCUT2D eigenvalue weighted by Crippen LogP contribution is 2.35. The van der Waals surface area contributed by atoms with Crippen molar-refractivity contribution in [2.45, 2.75) is 38.1 Å². The number of rotatable bonds is 8. The minimum Gasteiger partial charge on any atom is -0.380 e. The highest BCUT2D eigenvalue weighted by Gasteiger charge is 2.43. The number of likely N-dealkylation sites (N-methyl/N-ethyl adjacent to an activating group) is 1. The smallest absolute Gasteiger partial charge is 0.237 e. The molecule has 1 aliphatic carbocycles. The van der Waals surface area contributed by atoms with Crippen molar-refractivity contribution >= 4 is 5.91 Å². The molecule has 5 heteroatoms. The molecule has 0 aromatic rings. The van der Waals surface area contributed by atoms with Crippen LogP contribution in [-0.2, 0) is 9.53 Å². The summed E-state index contributed by atoms with van der Waals surface area (Å²) in [5.41, 5.74) is 10.8. The largest absolute Gasteiger partial charge is 0.380 e. The highest BCUT2D eigenvalue weighted by atomic mass is 16.5. The van der Waals surface area contributed by atoms with Gasteiger partial charge in [-0.3, -0.25) is 4.79 Å². The third-order valence-electron chi connectivity index (χ3n) is 4.01. The Bertz CT molecular complexity index is 273. The molecule has 18 heavy (non-hydrogen) atoms. The van der Waals surface area contributed by atoms with E-state index < -0.39 is 5.54 Å². The van der Waals surface area contributed by atoms with E-state index >= 15 is 0 Å². The molecule has 106 valence electrons. The summed E-state index contributed by atoms with van der Waals surface area (Å²) in [7, 11) is 2.07. The lowest BCUT2D eigenvalue weighted by molar-refractivity contribution is -0.124. The van der Waals surface area contributed by atoms with Gasteiger partial charge in [0.1, 0.15) is 0 Å². The van der Waals surface area contributed by atoms with Gasteiger partial charge in [0.15, 0.2) is 0 Å². The fourth-order valence-corrected chi connectivity index (χ4v) is 2.68. The molecule has 1 rings (SSSR count). The van der Waals surface area contributed by atoms with Crippen molar-refractivity contribution in [1.82, 2.24) is 4.90 Å². The Labute approximate surface area is 110 Å². The number of amides is 1. The van der Waals surface area contributed by atoms with Crippen LogP contribution in [-0.4, -0.2) is 49.7 Å². The third kappa shape index (κ3) is 3.93. The number of hydrogen-bond donors (Lipinski definition) is 2. The molecule has 0 heterocycles. The number of hydrogen-bond acceptors (Lipinski definition) is 4. The van der Waals surface area contributed by atoms with E-state index in [1.165, 1.54) is 0 Å². The lowest BCUT2D eigenvalue weighted by Gasteiger charge is -2.29. The van der Waals surface area contributed by atoms with E-state index in [9.17, 15) is 4.79 Å². The zero-order valence-electron chi connectivity index (χ0n) is 11.7. The molecule has 1 amide bonds. The lowest BCUT2D eigenvalue weighted by atomic mass is 9.85. The maximum absolute atomic E-state index is 11.5. The number of carbonyl (C=O) groups excluding carboxylic acids is 1. The molecule has 1 saturated carbocycles. The number of nitrogens with two attached hydrogens (primary N) is 2. The molecule has 0 aliphatic heterocycles. The van der Waals surface area contributed by atoms with Crippen molar-refractivity contribution in [2.75, 3.05) is 33.4 Å². The van der Waals surface area contributed by atoms with Crippen molar-refractivity contribution in [2.24, 2.45) is 17.4 Å². The fraction of sp³-hybridized carbons (Fsp3) is 0.923. The van der Waals surface area contributed by atoms with Gasteiger partial charge in [-0.05, 0) is 45.7 Å². The van der Waals surface area contributed by atoms with E-state index in [-0.39, 0.29) is 11.8 Å². The van der Waals surface area contributed by atoms with Crippen molar-refractivity contribution in [1.29, 1.82) is 0 Å². The molecule has 4 N–H and O–H groups in total. The molecular formula is C13H27N3O2. The van der Waals surface area contributed by atoms with Crippen LogP contribution in [0.1, 0.15) is 32.6 Å². The van der Waals surface area contributed by atoms with Crippen LogP contribution in [0.3, 0.4) is 0 Å². The Hall–Kier alpha value is -0.650. The molecule has 2 atom stereocenters. The van der Waals surface area contributed by atoms with E-state index in [2.05, 4.69) is 11.9 Å². The summed E-state index contributed by atoms with van der Waals surface area (Å²) >= 11 is 0. The molecule has 0 aromatic carbocycles. The average molecular weight is 257 g/mol. The summed E-state index contributed by atoms with van der Waals surface area (Å²) in [5.74, 6) is -0.119. The van der Waals surface area contributed by atoms with Gasteiger partial charge in [0.25, 0.3) is 0 Å². The monoisotopic (exact) mass is 257 g/mol. The zero-order chi connectivity index (χ0) is 13.6. The predicted octanol–water partition coefficient (Wildman–Crippen LogP) is 0.328. The van der Waals surface area contributed by atoms with Crippen LogP contribution in [0.15, 0.2) is 0 Å². The van der Waals surface area contributed by atoms with Crippen molar-refractivity contribution in [3.05, 3.63) is 0 Å². The second-order valence-electron chi connectivity index (χ2n) is 5.28. The first-order valence-electron chi connectivity index (χ1n) is 6.85. The highest BCUT2D eigenvalue weighted by molar-refractivity contribution is 5.85. The van der Waals surface area contributed by atoms with Gasteiger partial charge >= 0.3 is 0 Å². The van der Waals surface area contributed by atoms with Gasteiger partial charge in [0.2, 0.25) is 5.91 Å². The van der Waals surface area contributed by atoms with E-state index in [1.807, 2.05) is 6.92 Å². The lowest BCUT2D eigenvalue weighted by Crippen LogP contribution is -2.55. The standard InChI is InChI=1S/C13H27N3O2/c1-3-18-10-9-16(2)8-6-11-5-4-7-13(11,15)12(14)17/h11H,3-10,15H2,1-2H3,(H2,14,17). The number of primary amides is 1. The topological polar surface area (TPSA) is 81.6 Å². The van der Waals surface area contributed by atoms with E-state index in [0.29, 0.717) is 0 Å². The van der Waals surface area contributed by atoms with Crippen LogP contribution >= 0.6 is 0 Å². The fourth-order valence-electron chi connectivity index (χ4n) is 2.68. The van der Waals surface area contributed by atoms with Crippen molar-refractivity contribution < 1.29 is 9.53 Å². The number of carbonyl (C=O) groups is 1. The van der Waals surface area contributed by atoms with Gasteiger partial charge in [-0.25, -0.2) is 0 Å². The van der Waals surface area contributed by atoms with Gasteiger partial charge in [-0.15, -0.1) is 0 Å². The first kappa shape index (κ1) is 15.4. The molecule has 1 fully saturated rings. The molecule has 5 nitrogen and oxygen atoms in total. The maximum atomic E-state index is 11.5. The Morgan fingerprint density at radius 2 is 2.22 bits per heavy atom. The van der Waals surface area contributed by atoms with Gasteiger partial charge in [-0.2, -0.15) is 0 Å². The van der Waals surface area contributed by atoms with Crippen LogP contribution in [0, 0.1) is 5.92 Å². The second kappa shape index (κ2) is 7.07. The Morgan fingerprint density at radius 3 is 2.83 bits per heavy atom. The summed E-state index contributed by atoms with van der Waals surface area (Å²) in [6.45, 7) is 5.35. The maximum Gasteiger partial charge on any atom is 0.237 e.